The summed E-state index contributed by atoms with van der Waals surface area (Å²) in [6, 6.07) is 7.94. The fourth-order valence-electron chi connectivity index (χ4n) is 1.69. The van der Waals surface area contributed by atoms with E-state index in [1.54, 1.807) is 0 Å². The molecule has 0 saturated heterocycles. The van der Waals surface area contributed by atoms with E-state index in [0.29, 0.717) is 5.75 Å². The molecule has 0 aromatic heterocycles. The first-order valence-electron chi connectivity index (χ1n) is 6.73. The summed E-state index contributed by atoms with van der Waals surface area (Å²) in [4.78, 5) is 0.916. The van der Waals surface area contributed by atoms with Crippen molar-refractivity contribution in [1.29, 1.82) is 0 Å². The molecule has 0 aliphatic carbocycles. The van der Waals surface area contributed by atoms with E-state index in [1.807, 2.05) is 31.2 Å². The normalized spacial score (nSPS) is 13.2. The Morgan fingerprint density at radius 2 is 1.74 bits per heavy atom. The largest absolute Gasteiger partial charge is 0.254 e. The molecule has 0 aliphatic heterocycles. The third-order valence-corrected chi connectivity index (χ3v) is 4.23. The quantitative estimate of drug-likeness (QED) is 0.682. The highest BCUT2D eigenvalue weighted by molar-refractivity contribution is 7.85. The summed E-state index contributed by atoms with van der Waals surface area (Å²) >= 11 is 0. The minimum absolute atomic E-state index is 0.615. The van der Waals surface area contributed by atoms with Crippen LogP contribution in [-0.4, -0.2) is 9.96 Å². The topological polar surface area (TPSA) is 17.1 Å². The lowest BCUT2D eigenvalue weighted by atomic mass is 10.1. The third kappa shape index (κ3) is 6.53. The molecule has 104 valence electrons. The van der Waals surface area contributed by atoms with Gasteiger partial charge in [-0.05, 0) is 52.7 Å². The maximum atomic E-state index is 12.1. The molecule has 2 heteroatoms. The van der Waals surface area contributed by atoms with Gasteiger partial charge in [0.2, 0.25) is 0 Å². The predicted octanol–water partition coefficient (Wildman–Crippen LogP) is 4.80. The van der Waals surface area contributed by atoms with Gasteiger partial charge >= 0.3 is 0 Å². The van der Waals surface area contributed by atoms with Crippen LogP contribution in [0.3, 0.4) is 0 Å². The van der Waals surface area contributed by atoms with Gasteiger partial charge in [-0.15, -0.1) is 0 Å². The Morgan fingerprint density at radius 1 is 1.11 bits per heavy atom. The van der Waals surface area contributed by atoms with Crippen LogP contribution < -0.4 is 0 Å². The van der Waals surface area contributed by atoms with Crippen LogP contribution in [0.5, 0.6) is 0 Å². The molecule has 1 aromatic rings. The Labute approximate surface area is 119 Å². The van der Waals surface area contributed by atoms with E-state index in [9.17, 15) is 4.21 Å². The SMILES string of the molecule is CC(C)=CCCC(C)=CCS(=O)c1ccc(C)cc1. The fraction of sp³-hybridized carbons (Fsp3) is 0.412. The van der Waals surface area contributed by atoms with Crippen LogP contribution in [-0.2, 0) is 10.8 Å². The minimum atomic E-state index is -0.918. The molecule has 0 N–H and O–H groups in total. The van der Waals surface area contributed by atoms with Crippen LogP contribution in [0.1, 0.15) is 39.2 Å². The first-order chi connectivity index (χ1) is 8.99. The van der Waals surface area contributed by atoms with Gasteiger partial charge in [-0.3, -0.25) is 4.21 Å². The van der Waals surface area contributed by atoms with E-state index in [-0.39, 0.29) is 0 Å². The molecule has 0 radical (unpaired) electrons. The van der Waals surface area contributed by atoms with Gasteiger partial charge in [0.1, 0.15) is 0 Å². The number of rotatable bonds is 6. The Morgan fingerprint density at radius 3 is 2.32 bits per heavy atom. The fourth-order valence-corrected chi connectivity index (χ4v) is 2.76. The summed E-state index contributed by atoms with van der Waals surface area (Å²) in [5, 5.41) is 0. The Hall–Kier alpha value is -1.15. The molecular formula is C17H24OS. The van der Waals surface area contributed by atoms with Crippen LogP contribution in [0, 0.1) is 6.92 Å². The lowest BCUT2D eigenvalue weighted by molar-refractivity contribution is 0.685. The van der Waals surface area contributed by atoms with Gasteiger partial charge < -0.3 is 0 Å². The molecule has 0 saturated carbocycles. The monoisotopic (exact) mass is 276 g/mol. The van der Waals surface area contributed by atoms with Crippen molar-refractivity contribution in [3.8, 4) is 0 Å². The number of hydrogen-bond acceptors (Lipinski definition) is 1. The van der Waals surface area contributed by atoms with Crippen molar-refractivity contribution < 1.29 is 4.21 Å². The minimum Gasteiger partial charge on any atom is -0.254 e. The van der Waals surface area contributed by atoms with Crippen LogP contribution in [0.15, 0.2) is 52.5 Å². The highest BCUT2D eigenvalue weighted by Crippen LogP contribution is 2.11. The van der Waals surface area contributed by atoms with E-state index in [2.05, 4.69) is 32.9 Å². The maximum absolute atomic E-state index is 12.1. The molecule has 0 aliphatic rings. The Kier molecular flexibility index (Phi) is 6.79. The van der Waals surface area contributed by atoms with Crippen molar-refractivity contribution in [2.75, 3.05) is 5.75 Å². The van der Waals surface area contributed by atoms with Crippen LogP contribution in [0.2, 0.25) is 0 Å². The summed E-state index contributed by atoms with van der Waals surface area (Å²) < 4.78 is 12.1. The lowest BCUT2D eigenvalue weighted by Crippen LogP contribution is -1.96. The van der Waals surface area contributed by atoms with Gasteiger partial charge in [-0.1, -0.05) is 41.0 Å². The highest BCUT2D eigenvalue weighted by Gasteiger charge is 2.01. The Balaban J connectivity index is 2.48. The average molecular weight is 276 g/mol. The van der Waals surface area contributed by atoms with Crippen molar-refractivity contribution in [2.24, 2.45) is 0 Å². The second kappa shape index (κ2) is 8.11. The summed E-state index contributed by atoms with van der Waals surface area (Å²) in [5.74, 6) is 0.615. The van der Waals surface area contributed by atoms with Gasteiger partial charge in [0.15, 0.2) is 0 Å². The van der Waals surface area contributed by atoms with Crippen LogP contribution in [0.4, 0.5) is 0 Å². The summed E-state index contributed by atoms with van der Waals surface area (Å²) in [6.07, 6.45) is 6.47. The molecule has 1 unspecified atom stereocenters. The third-order valence-electron chi connectivity index (χ3n) is 2.96. The average Bonchev–Trinajstić information content (AvgIpc) is 2.36. The van der Waals surface area contributed by atoms with Crippen molar-refractivity contribution in [1.82, 2.24) is 0 Å². The van der Waals surface area contributed by atoms with Gasteiger partial charge in [0.05, 0.1) is 10.8 Å². The van der Waals surface area contributed by atoms with E-state index in [4.69, 9.17) is 0 Å². The van der Waals surface area contributed by atoms with E-state index in [1.165, 1.54) is 16.7 Å². The number of benzene rings is 1. The molecule has 0 heterocycles. The first kappa shape index (κ1) is 15.9. The molecule has 0 fully saturated rings. The maximum Gasteiger partial charge on any atom is 0.0568 e. The Bertz CT molecular complexity index is 476. The smallest absolute Gasteiger partial charge is 0.0568 e. The number of aryl methyl sites for hydroxylation is 1. The summed E-state index contributed by atoms with van der Waals surface area (Å²) in [5.41, 5.74) is 3.88. The predicted molar refractivity (Wildman–Crippen MR) is 84.9 cm³/mol. The summed E-state index contributed by atoms with van der Waals surface area (Å²) in [6.45, 7) is 8.39. The van der Waals surface area contributed by atoms with Gasteiger partial charge in [0.25, 0.3) is 0 Å². The second-order valence-electron chi connectivity index (χ2n) is 5.20. The zero-order valence-electron chi connectivity index (χ0n) is 12.4. The van der Waals surface area contributed by atoms with Gasteiger partial charge in [-0.2, -0.15) is 0 Å². The van der Waals surface area contributed by atoms with E-state index < -0.39 is 10.8 Å². The van der Waals surface area contributed by atoms with E-state index >= 15 is 0 Å². The highest BCUT2D eigenvalue weighted by atomic mass is 32.2. The van der Waals surface area contributed by atoms with Crippen molar-refractivity contribution >= 4 is 10.8 Å². The molecule has 19 heavy (non-hydrogen) atoms. The molecule has 1 nitrogen and oxygen atoms in total. The second-order valence-corrected chi connectivity index (χ2v) is 6.69. The molecular weight excluding hydrogens is 252 g/mol. The zero-order chi connectivity index (χ0) is 14.3. The lowest BCUT2D eigenvalue weighted by Gasteiger charge is -2.02. The van der Waals surface area contributed by atoms with Crippen molar-refractivity contribution in [3.05, 3.63) is 53.1 Å². The zero-order valence-corrected chi connectivity index (χ0v) is 13.2. The molecule has 1 rings (SSSR count). The molecule has 0 spiro atoms. The van der Waals surface area contributed by atoms with Crippen molar-refractivity contribution in [2.45, 2.75) is 45.4 Å². The summed E-state index contributed by atoms with van der Waals surface area (Å²) in [7, 11) is -0.918. The molecule has 1 atom stereocenters. The van der Waals surface area contributed by atoms with Crippen molar-refractivity contribution in [3.63, 3.8) is 0 Å². The first-order valence-corrected chi connectivity index (χ1v) is 8.05. The van der Waals surface area contributed by atoms with Gasteiger partial charge in [-0.25, -0.2) is 0 Å². The van der Waals surface area contributed by atoms with E-state index in [0.717, 1.165) is 17.7 Å². The van der Waals surface area contributed by atoms with Crippen LogP contribution >= 0.6 is 0 Å². The van der Waals surface area contributed by atoms with Crippen LogP contribution in [0.25, 0.3) is 0 Å². The standard InChI is InChI=1S/C17H24OS/c1-14(2)6-5-7-15(3)12-13-19(18)17-10-8-16(4)9-11-17/h6,8-12H,5,7,13H2,1-4H3. The molecule has 0 amide bonds. The van der Waals surface area contributed by atoms with Gasteiger partial charge in [0, 0.05) is 10.6 Å². The number of allylic oxidation sites excluding steroid dienone is 3. The molecule has 0 bridgehead atoms. The molecule has 1 aromatic carbocycles. The number of hydrogen-bond donors (Lipinski definition) is 0.